The molecule has 2 aromatic carbocycles. The normalized spacial score (nSPS) is 17.1. The molecule has 190 valence electrons. The SMILES string of the molecule is CCN1C(=O)C[C@@H](c2cccc(CNC(=O)C3=C(C(=O)OC)CCC3)c2)c2cnn(-c3ccccc3)c21. The fourth-order valence-corrected chi connectivity index (χ4v) is 5.32. The van der Waals surface area contributed by atoms with Crippen molar-refractivity contribution in [2.75, 3.05) is 18.6 Å². The molecular formula is C29H30N4O4. The lowest BCUT2D eigenvalue weighted by atomic mass is 9.86. The molecule has 2 heterocycles. The van der Waals surface area contributed by atoms with Gasteiger partial charge >= 0.3 is 5.97 Å². The van der Waals surface area contributed by atoms with Crippen LogP contribution < -0.4 is 10.2 Å². The van der Waals surface area contributed by atoms with Gasteiger partial charge in [-0.2, -0.15) is 5.10 Å². The molecule has 1 atom stereocenters. The zero-order chi connectivity index (χ0) is 25.9. The predicted octanol–water partition coefficient (Wildman–Crippen LogP) is 4.03. The van der Waals surface area contributed by atoms with E-state index in [9.17, 15) is 14.4 Å². The average molecular weight is 499 g/mol. The van der Waals surface area contributed by atoms with Crippen LogP contribution in [-0.4, -0.2) is 41.2 Å². The number of rotatable bonds is 7. The van der Waals surface area contributed by atoms with Crippen LogP contribution in [0.5, 0.6) is 0 Å². The molecule has 0 saturated carbocycles. The van der Waals surface area contributed by atoms with E-state index in [-0.39, 0.29) is 17.7 Å². The molecule has 5 rings (SSSR count). The summed E-state index contributed by atoms with van der Waals surface area (Å²) in [5.41, 5.74) is 4.81. The van der Waals surface area contributed by atoms with Gasteiger partial charge in [-0.25, -0.2) is 9.48 Å². The lowest BCUT2D eigenvalue weighted by Gasteiger charge is -2.32. The molecule has 0 fully saturated rings. The van der Waals surface area contributed by atoms with Crippen molar-refractivity contribution >= 4 is 23.6 Å². The van der Waals surface area contributed by atoms with Gasteiger partial charge in [-0.05, 0) is 49.4 Å². The third-order valence-corrected chi connectivity index (χ3v) is 7.13. The number of anilines is 1. The van der Waals surface area contributed by atoms with Crippen molar-refractivity contribution in [2.24, 2.45) is 0 Å². The second-order valence-corrected chi connectivity index (χ2v) is 9.30. The first-order valence-corrected chi connectivity index (χ1v) is 12.6. The highest BCUT2D eigenvalue weighted by Gasteiger charge is 2.35. The van der Waals surface area contributed by atoms with Gasteiger partial charge in [-0.15, -0.1) is 0 Å². The number of benzene rings is 2. The highest BCUT2D eigenvalue weighted by atomic mass is 16.5. The summed E-state index contributed by atoms with van der Waals surface area (Å²) < 4.78 is 6.66. The van der Waals surface area contributed by atoms with Gasteiger partial charge in [0.15, 0.2) is 0 Å². The molecule has 0 radical (unpaired) electrons. The highest BCUT2D eigenvalue weighted by molar-refractivity contribution is 6.03. The third kappa shape index (κ3) is 4.67. The molecule has 8 heteroatoms. The van der Waals surface area contributed by atoms with Crippen molar-refractivity contribution in [3.63, 3.8) is 0 Å². The third-order valence-electron chi connectivity index (χ3n) is 7.13. The number of carbonyl (C=O) groups is 3. The van der Waals surface area contributed by atoms with E-state index in [0.29, 0.717) is 43.5 Å². The number of hydrogen-bond donors (Lipinski definition) is 1. The van der Waals surface area contributed by atoms with Crippen molar-refractivity contribution in [1.29, 1.82) is 0 Å². The standard InChI is InChI=1S/C29H30N4O4/c1-3-32-26(34)16-24(25-18-31-33(28(25)32)21-11-5-4-6-12-21)20-10-7-9-19(15-20)17-30-27(35)22-13-8-14-23(22)29(36)37-2/h4-7,9-12,15,18,24H,3,8,13-14,16-17H2,1-2H3,(H,30,35)/t24-/m0/s1. The van der Waals surface area contributed by atoms with Crippen molar-refractivity contribution < 1.29 is 19.1 Å². The Morgan fingerprint density at radius 2 is 1.86 bits per heavy atom. The molecule has 0 unspecified atom stereocenters. The lowest BCUT2D eigenvalue weighted by molar-refractivity contribution is -0.136. The molecule has 1 aromatic heterocycles. The van der Waals surface area contributed by atoms with Crippen molar-refractivity contribution in [2.45, 2.75) is 45.1 Å². The van der Waals surface area contributed by atoms with Crippen molar-refractivity contribution in [3.8, 4) is 5.69 Å². The molecule has 2 amide bonds. The number of ether oxygens (including phenoxy) is 1. The zero-order valence-electron chi connectivity index (χ0n) is 21.1. The molecular weight excluding hydrogens is 468 g/mol. The number of nitrogens with zero attached hydrogens (tertiary/aromatic N) is 3. The van der Waals surface area contributed by atoms with Crippen LogP contribution in [-0.2, 0) is 25.7 Å². The molecule has 1 N–H and O–H groups in total. The Bertz CT molecular complexity index is 1380. The van der Waals surface area contributed by atoms with E-state index >= 15 is 0 Å². The largest absolute Gasteiger partial charge is 0.466 e. The average Bonchev–Trinajstić information content (AvgIpc) is 3.60. The fraction of sp³-hybridized carbons (Fsp3) is 0.310. The molecule has 3 aromatic rings. The van der Waals surface area contributed by atoms with E-state index < -0.39 is 5.97 Å². The fourth-order valence-electron chi connectivity index (χ4n) is 5.32. The van der Waals surface area contributed by atoms with Gasteiger partial charge < -0.3 is 10.1 Å². The van der Waals surface area contributed by atoms with E-state index in [1.165, 1.54) is 7.11 Å². The monoisotopic (exact) mass is 498 g/mol. The summed E-state index contributed by atoms with van der Waals surface area (Å²) in [4.78, 5) is 39.8. The van der Waals surface area contributed by atoms with Crippen LogP contribution in [0.3, 0.4) is 0 Å². The Morgan fingerprint density at radius 1 is 1.08 bits per heavy atom. The van der Waals surface area contributed by atoms with Gasteiger partial charge in [0, 0.05) is 42.1 Å². The Morgan fingerprint density at radius 3 is 2.62 bits per heavy atom. The Hall–Kier alpha value is -4.20. The van der Waals surface area contributed by atoms with Crippen molar-refractivity contribution in [1.82, 2.24) is 15.1 Å². The summed E-state index contributed by atoms with van der Waals surface area (Å²) in [6.45, 7) is 2.86. The number of fused-ring (bicyclic) bond motifs is 1. The van der Waals surface area contributed by atoms with Crippen LogP contribution in [0, 0.1) is 0 Å². The summed E-state index contributed by atoms with van der Waals surface area (Å²) in [6.07, 6.45) is 4.12. The minimum Gasteiger partial charge on any atom is -0.466 e. The Kier molecular flexibility index (Phi) is 6.90. The number of para-hydroxylation sites is 1. The zero-order valence-corrected chi connectivity index (χ0v) is 21.1. The molecule has 1 aliphatic carbocycles. The number of esters is 1. The summed E-state index contributed by atoms with van der Waals surface area (Å²) in [7, 11) is 1.33. The number of nitrogens with one attached hydrogen (secondary N) is 1. The highest BCUT2D eigenvalue weighted by Crippen LogP contribution is 2.41. The number of hydrogen-bond acceptors (Lipinski definition) is 5. The molecule has 0 bridgehead atoms. The van der Waals surface area contributed by atoms with Crippen molar-refractivity contribution in [3.05, 3.63) is 88.6 Å². The van der Waals surface area contributed by atoms with E-state index in [2.05, 4.69) is 10.4 Å². The maximum atomic E-state index is 13.2. The van der Waals surface area contributed by atoms with E-state index in [1.54, 1.807) is 4.90 Å². The van der Waals surface area contributed by atoms with Gasteiger partial charge in [-0.3, -0.25) is 14.5 Å². The molecule has 0 saturated heterocycles. The lowest BCUT2D eigenvalue weighted by Crippen LogP contribution is -2.37. The minimum absolute atomic E-state index is 0.0555. The number of aromatic nitrogens is 2. The van der Waals surface area contributed by atoms with Crippen LogP contribution in [0.15, 0.2) is 71.9 Å². The van der Waals surface area contributed by atoms with Crippen LogP contribution in [0.4, 0.5) is 5.82 Å². The Labute approximate surface area is 215 Å². The van der Waals surface area contributed by atoms with Gasteiger partial charge in [0.05, 0.1) is 19.0 Å². The van der Waals surface area contributed by atoms with Crippen LogP contribution in [0.2, 0.25) is 0 Å². The maximum absolute atomic E-state index is 13.2. The number of carbonyl (C=O) groups excluding carboxylic acids is 3. The van der Waals surface area contributed by atoms with E-state index in [4.69, 9.17) is 4.74 Å². The van der Waals surface area contributed by atoms with Crippen LogP contribution in [0.1, 0.15) is 55.2 Å². The van der Waals surface area contributed by atoms with Gasteiger partial charge in [-0.1, -0.05) is 42.5 Å². The quantitative estimate of drug-likeness (QED) is 0.497. The first kappa shape index (κ1) is 24.5. The number of amides is 2. The molecule has 1 aliphatic heterocycles. The summed E-state index contributed by atoms with van der Waals surface area (Å²) >= 11 is 0. The second-order valence-electron chi connectivity index (χ2n) is 9.30. The summed E-state index contributed by atoms with van der Waals surface area (Å²) in [5.74, 6) is 0.0553. The van der Waals surface area contributed by atoms with E-state index in [0.717, 1.165) is 34.6 Å². The minimum atomic E-state index is -0.431. The molecule has 0 spiro atoms. The number of methoxy groups -OCH3 is 1. The van der Waals surface area contributed by atoms with Gasteiger partial charge in [0.1, 0.15) is 5.82 Å². The smallest absolute Gasteiger partial charge is 0.334 e. The summed E-state index contributed by atoms with van der Waals surface area (Å²) in [6, 6.07) is 17.8. The van der Waals surface area contributed by atoms with Crippen LogP contribution >= 0.6 is 0 Å². The molecule has 2 aliphatic rings. The van der Waals surface area contributed by atoms with E-state index in [1.807, 2.05) is 72.4 Å². The first-order chi connectivity index (χ1) is 18.0. The first-order valence-electron chi connectivity index (χ1n) is 12.6. The maximum Gasteiger partial charge on any atom is 0.334 e. The van der Waals surface area contributed by atoms with Gasteiger partial charge in [0.25, 0.3) is 0 Å². The topological polar surface area (TPSA) is 93.5 Å². The molecule has 8 nitrogen and oxygen atoms in total. The van der Waals surface area contributed by atoms with Gasteiger partial charge in [0.2, 0.25) is 11.8 Å². The summed E-state index contributed by atoms with van der Waals surface area (Å²) in [5, 5.41) is 7.61. The molecule has 37 heavy (non-hydrogen) atoms. The second kappa shape index (κ2) is 10.4. The predicted molar refractivity (Wildman–Crippen MR) is 139 cm³/mol. The Balaban J connectivity index is 1.40. The van der Waals surface area contributed by atoms with Crippen LogP contribution in [0.25, 0.3) is 5.69 Å².